The Morgan fingerprint density at radius 2 is 1.81 bits per heavy atom. The van der Waals surface area contributed by atoms with Crippen LogP contribution in [0.3, 0.4) is 0 Å². The summed E-state index contributed by atoms with van der Waals surface area (Å²) in [6.07, 6.45) is 15.9. The lowest BCUT2D eigenvalue weighted by molar-refractivity contribution is -0.111. The minimum absolute atomic E-state index is 0.171. The molecule has 6 rings (SSSR count). The van der Waals surface area contributed by atoms with Crippen molar-refractivity contribution in [1.82, 2.24) is 9.97 Å². The van der Waals surface area contributed by atoms with E-state index in [0.29, 0.717) is 5.41 Å². The summed E-state index contributed by atoms with van der Waals surface area (Å²) in [4.78, 5) is 20.5. The van der Waals surface area contributed by atoms with Gasteiger partial charge in [0.15, 0.2) is 5.78 Å². The molecule has 0 spiro atoms. The Bertz CT molecular complexity index is 1160. The van der Waals surface area contributed by atoms with Gasteiger partial charge >= 0.3 is 0 Å². The van der Waals surface area contributed by atoms with Gasteiger partial charge in [0.1, 0.15) is 5.03 Å². The first-order valence-electron chi connectivity index (χ1n) is 13.6. The molecule has 3 nitrogen and oxygen atoms in total. The molecule has 3 saturated carbocycles. The molecule has 1 heterocycles. The van der Waals surface area contributed by atoms with Gasteiger partial charge in [0.2, 0.25) is 0 Å². The Hall–Kier alpha value is -2.20. The van der Waals surface area contributed by atoms with Gasteiger partial charge < -0.3 is 0 Å². The number of hydrogen-bond acceptors (Lipinski definition) is 4. The largest absolute Gasteiger partial charge is 0.290 e. The molecule has 6 unspecified atom stereocenters. The van der Waals surface area contributed by atoms with Crippen LogP contribution in [0.2, 0.25) is 0 Å². The summed E-state index contributed by atoms with van der Waals surface area (Å²) in [5.41, 5.74) is 4.12. The molecule has 0 radical (unpaired) electrons. The lowest BCUT2D eigenvalue weighted by Crippen LogP contribution is -2.49. The summed E-state index contributed by atoms with van der Waals surface area (Å²) >= 11 is 1.72. The van der Waals surface area contributed by atoms with Crippen molar-refractivity contribution in [3.8, 4) is 0 Å². The molecule has 4 aliphatic rings. The second kappa shape index (κ2) is 11.0. The van der Waals surface area contributed by atoms with Crippen LogP contribution in [0.25, 0.3) is 11.0 Å². The molecule has 1 aromatic carbocycles. The van der Waals surface area contributed by atoms with Crippen LogP contribution in [0, 0.1) is 34.5 Å². The van der Waals surface area contributed by atoms with Gasteiger partial charge in [-0.3, -0.25) is 9.78 Å². The van der Waals surface area contributed by atoms with E-state index in [1.54, 1.807) is 11.8 Å². The first-order chi connectivity index (χ1) is 17.3. The maximum Gasteiger partial charge on any atom is 0.178 e. The molecule has 3 fully saturated rings. The van der Waals surface area contributed by atoms with Crippen LogP contribution in [-0.2, 0) is 4.79 Å². The molecule has 0 bridgehead atoms. The van der Waals surface area contributed by atoms with Crippen LogP contribution in [0.1, 0.15) is 66.2 Å². The minimum atomic E-state index is 0.171. The molecule has 0 aliphatic heterocycles. The maximum atomic E-state index is 11.7. The van der Waals surface area contributed by atoms with E-state index in [-0.39, 0.29) is 11.2 Å². The summed E-state index contributed by atoms with van der Waals surface area (Å²) in [5.74, 6) is 4.72. The molecule has 0 saturated heterocycles. The molecule has 2 aromatic rings. The van der Waals surface area contributed by atoms with Gasteiger partial charge in [0.25, 0.3) is 0 Å². The maximum absolute atomic E-state index is 11.7. The number of carbonyl (C=O) groups excluding carboxylic acids is 1. The second-order valence-corrected chi connectivity index (χ2v) is 12.5. The number of carbonyl (C=O) groups is 1. The van der Waals surface area contributed by atoms with E-state index in [9.17, 15) is 4.79 Å². The fraction of sp³-hybridized carbons (Fsp3) is 0.531. The van der Waals surface area contributed by atoms with Gasteiger partial charge in [-0.25, -0.2) is 4.98 Å². The zero-order valence-electron chi connectivity index (χ0n) is 22.5. The Balaban J connectivity index is 0.000000175. The highest BCUT2D eigenvalue weighted by Crippen LogP contribution is 2.65. The number of hydrogen-bond donors (Lipinski definition) is 0. The Morgan fingerprint density at radius 3 is 2.56 bits per heavy atom. The number of thioether (sulfide) groups is 1. The van der Waals surface area contributed by atoms with Gasteiger partial charge in [0.05, 0.1) is 17.2 Å². The third-order valence-electron chi connectivity index (χ3n) is 9.75. The quantitative estimate of drug-likeness (QED) is 0.305. The van der Waals surface area contributed by atoms with Gasteiger partial charge in [-0.1, -0.05) is 51.5 Å². The van der Waals surface area contributed by atoms with E-state index >= 15 is 0 Å². The highest BCUT2D eigenvalue weighted by Gasteiger charge is 2.57. The molecular weight excluding hydrogens is 460 g/mol. The fourth-order valence-corrected chi connectivity index (χ4v) is 8.20. The van der Waals surface area contributed by atoms with Crippen LogP contribution < -0.4 is 0 Å². The molecule has 6 atom stereocenters. The van der Waals surface area contributed by atoms with Crippen molar-refractivity contribution in [2.75, 3.05) is 5.75 Å². The summed E-state index contributed by atoms with van der Waals surface area (Å²) in [6, 6.07) is 7.92. The third-order valence-corrected chi connectivity index (χ3v) is 10.5. The van der Waals surface area contributed by atoms with Crippen LogP contribution in [0.15, 0.2) is 72.4 Å². The van der Waals surface area contributed by atoms with E-state index in [1.807, 2.05) is 42.6 Å². The molecule has 0 amide bonds. The van der Waals surface area contributed by atoms with E-state index in [1.165, 1.54) is 37.7 Å². The monoisotopic (exact) mass is 502 g/mol. The predicted octanol–water partition coefficient (Wildman–Crippen LogP) is 8.47. The summed E-state index contributed by atoms with van der Waals surface area (Å²) < 4.78 is 0. The smallest absolute Gasteiger partial charge is 0.178 e. The predicted molar refractivity (Wildman–Crippen MR) is 153 cm³/mol. The van der Waals surface area contributed by atoms with E-state index < -0.39 is 0 Å². The normalized spacial score (nSPS) is 34.2. The molecule has 1 aromatic heterocycles. The number of benzene rings is 1. The van der Waals surface area contributed by atoms with Crippen molar-refractivity contribution in [3.05, 3.63) is 67.4 Å². The SMILES string of the molecule is C=C.CC1CCC2C3CCC4=CC(=O)C=CC4(C)C3CCC12C.CCSc1cnc2ccccc2n1. The van der Waals surface area contributed by atoms with Crippen molar-refractivity contribution in [1.29, 1.82) is 0 Å². The Labute approximate surface area is 222 Å². The number of rotatable bonds is 2. The fourth-order valence-electron chi connectivity index (χ4n) is 7.62. The zero-order valence-corrected chi connectivity index (χ0v) is 23.3. The molecular formula is C32H42N2OS. The van der Waals surface area contributed by atoms with Crippen LogP contribution in [0.4, 0.5) is 0 Å². The molecule has 36 heavy (non-hydrogen) atoms. The zero-order chi connectivity index (χ0) is 25.9. The lowest BCUT2D eigenvalue weighted by Gasteiger charge is -2.57. The van der Waals surface area contributed by atoms with Gasteiger partial charge in [-0.15, -0.1) is 24.9 Å². The van der Waals surface area contributed by atoms with E-state index in [2.05, 4.69) is 56.9 Å². The first-order valence-corrected chi connectivity index (χ1v) is 14.6. The number of allylic oxidation sites excluding steroid dienone is 4. The number of fused-ring (bicyclic) bond motifs is 6. The second-order valence-electron chi connectivity index (χ2n) is 11.3. The standard InChI is InChI=1S/C20H28O.C10H10N2S.C2H4/c1-13-4-7-17-16-6-5-14-12-15(21)8-10-20(14,3)18(16)9-11-19(13,17)2;1-2-13-10-7-11-8-5-3-4-6-9(8)12-10;1-2/h8,10,12-13,16-18H,4-7,9,11H2,1-3H3;3-7H,2H2,1H3;1-2H2. The molecule has 192 valence electrons. The number of ketones is 1. The van der Waals surface area contributed by atoms with Crippen molar-refractivity contribution in [2.45, 2.75) is 71.2 Å². The Morgan fingerprint density at radius 1 is 1.06 bits per heavy atom. The Kier molecular flexibility index (Phi) is 8.24. The molecule has 4 aliphatic carbocycles. The lowest BCUT2D eigenvalue weighted by atomic mass is 9.48. The van der Waals surface area contributed by atoms with Crippen LogP contribution in [0.5, 0.6) is 0 Å². The minimum Gasteiger partial charge on any atom is -0.290 e. The third kappa shape index (κ3) is 4.86. The molecule has 4 heteroatoms. The van der Waals surface area contributed by atoms with E-state index in [4.69, 9.17) is 0 Å². The topological polar surface area (TPSA) is 42.9 Å². The van der Waals surface area contributed by atoms with Crippen molar-refractivity contribution >= 4 is 28.6 Å². The van der Waals surface area contributed by atoms with Crippen molar-refractivity contribution in [2.24, 2.45) is 34.5 Å². The van der Waals surface area contributed by atoms with Crippen molar-refractivity contribution < 1.29 is 4.79 Å². The van der Waals surface area contributed by atoms with Crippen LogP contribution in [-0.4, -0.2) is 21.5 Å². The summed E-state index contributed by atoms with van der Waals surface area (Å²) in [5, 5.41) is 1.00. The highest BCUT2D eigenvalue weighted by molar-refractivity contribution is 7.99. The highest BCUT2D eigenvalue weighted by atomic mass is 32.2. The number of aromatic nitrogens is 2. The molecule has 0 N–H and O–H groups in total. The average molecular weight is 503 g/mol. The van der Waals surface area contributed by atoms with E-state index in [0.717, 1.165) is 51.9 Å². The first kappa shape index (κ1) is 26.9. The van der Waals surface area contributed by atoms with Crippen LogP contribution >= 0.6 is 11.8 Å². The average Bonchev–Trinajstić information content (AvgIpc) is 3.20. The number of nitrogens with zero attached hydrogens (tertiary/aromatic N) is 2. The number of para-hydroxylation sites is 2. The van der Waals surface area contributed by atoms with Gasteiger partial charge in [-0.05, 0) is 97.6 Å². The summed E-state index contributed by atoms with van der Waals surface area (Å²) in [6.45, 7) is 15.6. The van der Waals surface area contributed by atoms with Gasteiger partial charge in [0, 0.05) is 5.41 Å². The van der Waals surface area contributed by atoms with Crippen molar-refractivity contribution in [3.63, 3.8) is 0 Å². The summed E-state index contributed by atoms with van der Waals surface area (Å²) in [7, 11) is 0. The van der Waals surface area contributed by atoms with Gasteiger partial charge in [-0.2, -0.15) is 0 Å².